The van der Waals surface area contributed by atoms with Crippen LogP contribution in [0.2, 0.25) is 0 Å². The maximum absolute atomic E-state index is 13.9. The lowest BCUT2D eigenvalue weighted by Gasteiger charge is -2.20. The molecule has 0 aliphatic rings. The van der Waals surface area contributed by atoms with Crippen molar-refractivity contribution in [3.63, 3.8) is 0 Å². The number of ether oxygens (including phenoxy) is 3. The van der Waals surface area contributed by atoms with Gasteiger partial charge in [0.15, 0.2) is 11.5 Å². The van der Waals surface area contributed by atoms with Crippen LogP contribution < -0.4 is 24.6 Å². The number of nitrogens with one attached hydrogen (secondary N) is 1. The van der Waals surface area contributed by atoms with Gasteiger partial charge in [-0.2, -0.15) is 0 Å². The van der Waals surface area contributed by atoms with Crippen LogP contribution in [0.1, 0.15) is 55.3 Å². The van der Waals surface area contributed by atoms with E-state index in [1.54, 1.807) is 0 Å². The summed E-state index contributed by atoms with van der Waals surface area (Å²) in [6.07, 6.45) is -0.360. The predicted octanol–water partition coefficient (Wildman–Crippen LogP) is 3.41. The fourth-order valence-corrected chi connectivity index (χ4v) is 2.64. The molecule has 30 heavy (non-hydrogen) atoms. The van der Waals surface area contributed by atoms with Crippen molar-refractivity contribution in [2.24, 2.45) is 0 Å². The number of carboxylic acids is 1. The molecule has 162 valence electrons. The average molecular weight is 418 g/mol. The summed E-state index contributed by atoms with van der Waals surface area (Å²) in [5.41, 5.74) is -0.294. The van der Waals surface area contributed by atoms with Gasteiger partial charge in [0.05, 0.1) is 24.8 Å². The van der Waals surface area contributed by atoms with Crippen molar-refractivity contribution in [3.8, 4) is 17.2 Å². The first-order valence-electron chi connectivity index (χ1n) is 9.58. The van der Waals surface area contributed by atoms with Crippen LogP contribution in [0.15, 0.2) is 30.3 Å². The molecule has 7 nitrogen and oxygen atoms in total. The Morgan fingerprint density at radius 1 is 1.03 bits per heavy atom. The Hall–Kier alpha value is -3.29. The number of carboxylic acid groups (broad SMARTS) is 1. The summed E-state index contributed by atoms with van der Waals surface area (Å²) < 4.78 is 31.2. The minimum Gasteiger partial charge on any atom is -0.545 e. The highest BCUT2D eigenvalue weighted by atomic mass is 19.1. The molecule has 1 amide bonds. The summed E-state index contributed by atoms with van der Waals surface area (Å²) in [5, 5.41) is 13.4. The van der Waals surface area contributed by atoms with Crippen molar-refractivity contribution in [2.45, 2.75) is 46.8 Å². The molecular formula is C22H25FNO6-. The first-order chi connectivity index (χ1) is 14.1. The van der Waals surface area contributed by atoms with Crippen LogP contribution in [0.4, 0.5) is 10.1 Å². The third-order valence-electron chi connectivity index (χ3n) is 3.74. The molecule has 0 heterocycles. The molecule has 8 heteroatoms. The molecule has 0 aliphatic heterocycles. The Morgan fingerprint density at radius 2 is 1.60 bits per heavy atom. The summed E-state index contributed by atoms with van der Waals surface area (Å²) in [6.45, 7) is 9.56. The normalized spacial score (nSPS) is 10.8. The van der Waals surface area contributed by atoms with E-state index in [0.29, 0.717) is 23.9 Å². The summed E-state index contributed by atoms with van der Waals surface area (Å²) in [7, 11) is 0. The Labute approximate surface area is 174 Å². The molecular weight excluding hydrogens is 393 g/mol. The second kappa shape index (κ2) is 9.96. The highest BCUT2D eigenvalue weighted by Gasteiger charge is 2.20. The quantitative estimate of drug-likeness (QED) is 0.670. The van der Waals surface area contributed by atoms with E-state index in [4.69, 9.17) is 14.2 Å². The SMILES string of the molecule is CCOc1c(OC(C)C)cc(C(=O)Nc2ccc(C(=O)[O-])c(F)c2)cc1OC(C)C. The van der Waals surface area contributed by atoms with Gasteiger partial charge >= 0.3 is 0 Å². The maximum Gasteiger partial charge on any atom is 0.255 e. The molecule has 0 spiro atoms. The van der Waals surface area contributed by atoms with E-state index in [1.165, 1.54) is 18.2 Å². The van der Waals surface area contributed by atoms with Crippen molar-refractivity contribution in [1.29, 1.82) is 0 Å². The minimum absolute atomic E-state index is 0.0917. The summed E-state index contributed by atoms with van der Waals surface area (Å²) in [6, 6.07) is 6.24. The second-order valence-corrected chi connectivity index (χ2v) is 7.00. The molecule has 0 aliphatic carbocycles. The van der Waals surface area contributed by atoms with Crippen LogP contribution in [0.5, 0.6) is 17.2 Å². The number of halogens is 1. The van der Waals surface area contributed by atoms with Gasteiger partial charge in [-0.3, -0.25) is 4.79 Å². The Bertz CT molecular complexity index is 895. The van der Waals surface area contributed by atoms with Gasteiger partial charge < -0.3 is 29.4 Å². The van der Waals surface area contributed by atoms with Crippen LogP contribution in [0, 0.1) is 5.82 Å². The maximum atomic E-state index is 13.9. The van der Waals surface area contributed by atoms with Crippen molar-refractivity contribution in [2.75, 3.05) is 11.9 Å². The monoisotopic (exact) mass is 418 g/mol. The number of anilines is 1. The van der Waals surface area contributed by atoms with E-state index in [2.05, 4.69) is 5.32 Å². The zero-order valence-electron chi connectivity index (χ0n) is 17.6. The lowest BCUT2D eigenvalue weighted by Crippen LogP contribution is -2.23. The Morgan fingerprint density at radius 3 is 2.03 bits per heavy atom. The molecule has 0 bridgehead atoms. The summed E-state index contributed by atoms with van der Waals surface area (Å²) >= 11 is 0. The molecule has 1 N–H and O–H groups in total. The molecule has 0 atom stereocenters. The summed E-state index contributed by atoms with van der Waals surface area (Å²) in [4.78, 5) is 23.6. The van der Waals surface area contributed by atoms with E-state index < -0.39 is 23.3 Å². The van der Waals surface area contributed by atoms with Crippen LogP contribution in [0.25, 0.3) is 0 Å². The largest absolute Gasteiger partial charge is 0.545 e. The van der Waals surface area contributed by atoms with Gasteiger partial charge in [0.1, 0.15) is 5.82 Å². The van der Waals surface area contributed by atoms with Gasteiger partial charge in [-0.05, 0) is 65.0 Å². The highest BCUT2D eigenvalue weighted by molar-refractivity contribution is 6.05. The van der Waals surface area contributed by atoms with Gasteiger partial charge in [0.25, 0.3) is 5.91 Å². The molecule has 0 saturated carbocycles. The molecule has 0 radical (unpaired) electrons. The van der Waals surface area contributed by atoms with Crippen molar-refractivity contribution < 1.29 is 33.3 Å². The molecule has 0 unspecified atom stereocenters. The number of carbonyl (C=O) groups is 2. The lowest BCUT2D eigenvalue weighted by molar-refractivity contribution is -0.255. The fourth-order valence-electron chi connectivity index (χ4n) is 2.64. The minimum atomic E-state index is -1.64. The van der Waals surface area contributed by atoms with Gasteiger partial charge in [0, 0.05) is 16.8 Å². The first-order valence-corrected chi connectivity index (χ1v) is 9.58. The van der Waals surface area contributed by atoms with E-state index in [0.717, 1.165) is 12.1 Å². The zero-order valence-corrected chi connectivity index (χ0v) is 17.6. The Balaban J connectivity index is 2.42. The number of rotatable bonds is 9. The first kappa shape index (κ1) is 23.0. The van der Waals surface area contributed by atoms with Gasteiger partial charge in [-0.15, -0.1) is 0 Å². The third kappa shape index (κ3) is 5.85. The average Bonchev–Trinajstić information content (AvgIpc) is 2.62. The zero-order chi connectivity index (χ0) is 22.4. The molecule has 2 rings (SSSR count). The molecule has 2 aromatic rings. The number of aromatic carboxylic acids is 1. The number of benzene rings is 2. The van der Waals surface area contributed by atoms with Gasteiger partial charge in [-0.1, -0.05) is 0 Å². The van der Waals surface area contributed by atoms with Crippen LogP contribution >= 0.6 is 0 Å². The number of hydrogen-bond acceptors (Lipinski definition) is 6. The predicted molar refractivity (Wildman–Crippen MR) is 108 cm³/mol. The van der Waals surface area contributed by atoms with Crippen LogP contribution in [-0.2, 0) is 0 Å². The third-order valence-corrected chi connectivity index (χ3v) is 3.74. The molecule has 0 saturated heterocycles. The highest BCUT2D eigenvalue weighted by Crippen LogP contribution is 2.40. The molecule has 0 aromatic heterocycles. The van der Waals surface area contributed by atoms with Crippen LogP contribution in [-0.4, -0.2) is 30.7 Å². The van der Waals surface area contributed by atoms with Gasteiger partial charge in [0.2, 0.25) is 5.75 Å². The second-order valence-electron chi connectivity index (χ2n) is 7.00. The van der Waals surface area contributed by atoms with E-state index in [-0.39, 0.29) is 23.5 Å². The number of amides is 1. The van der Waals surface area contributed by atoms with Gasteiger partial charge in [-0.25, -0.2) is 4.39 Å². The smallest absolute Gasteiger partial charge is 0.255 e. The Kier molecular flexibility index (Phi) is 7.63. The summed E-state index contributed by atoms with van der Waals surface area (Å²) in [5.74, 6) is -2.13. The van der Waals surface area contributed by atoms with E-state index in [1.807, 2.05) is 34.6 Å². The molecule has 0 fully saturated rings. The van der Waals surface area contributed by atoms with Crippen molar-refractivity contribution in [3.05, 3.63) is 47.3 Å². The van der Waals surface area contributed by atoms with Crippen molar-refractivity contribution in [1.82, 2.24) is 0 Å². The fraction of sp³-hybridized carbons (Fsp3) is 0.364. The number of carbonyl (C=O) groups excluding carboxylic acids is 2. The van der Waals surface area contributed by atoms with E-state index >= 15 is 0 Å². The molecule has 2 aromatic carbocycles. The van der Waals surface area contributed by atoms with E-state index in [9.17, 15) is 19.1 Å². The topological polar surface area (TPSA) is 96.9 Å². The standard InChI is InChI=1S/C22H26FNO6/c1-6-28-20-18(29-12(2)3)9-14(10-19(20)30-13(4)5)21(25)24-15-7-8-16(22(26)27)17(23)11-15/h7-13H,6H2,1-5H3,(H,24,25)(H,26,27)/p-1. The van der Waals surface area contributed by atoms with Crippen LogP contribution in [0.3, 0.4) is 0 Å². The lowest BCUT2D eigenvalue weighted by atomic mass is 10.1. The van der Waals surface area contributed by atoms with Crippen molar-refractivity contribution >= 4 is 17.6 Å². The number of hydrogen-bond donors (Lipinski definition) is 1.